The van der Waals surface area contributed by atoms with Gasteiger partial charge in [0.1, 0.15) is 5.78 Å². The highest BCUT2D eigenvalue weighted by Crippen LogP contribution is 2.73. The predicted octanol–water partition coefficient (Wildman–Crippen LogP) is 18.4. The van der Waals surface area contributed by atoms with Gasteiger partial charge in [-0.2, -0.15) is 0 Å². The minimum Gasteiger partial charge on any atom is -0.359 e. The Morgan fingerprint density at radius 3 is 1.16 bits per heavy atom. The van der Waals surface area contributed by atoms with Crippen LogP contribution in [0.5, 0.6) is 0 Å². The average molecular weight is 1290 g/mol. The third-order valence-electron chi connectivity index (χ3n) is 31.0. The van der Waals surface area contributed by atoms with Crippen LogP contribution < -0.4 is 0 Å². The maximum Gasteiger partial charge on any atom is 0.136 e. The van der Waals surface area contributed by atoms with E-state index in [1.54, 1.807) is 22.3 Å². The molecule has 3 aromatic heterocycles. The summed E-state index contributed by atoms with van der Waals surface area (Å²) in [4.78, 5) is 30.8. The van der Waals surface area contributed by atoms with Crippen molar-refractivity contribution in [2.24, 2.45) is 34.0 Å². The number of aromatic nitrogens is 3. The van der Waals surface area contributed by atoms with E-state index >= 15 is 0 Å². The zero-order valence-electron chi connectivity index (χ0n) is 57.6. The lowest BCUT2D eigenvalue weighted by molar-refractivity contribution is -0.146. The maximum atomic E-state index is 12.4. The van der Waals surface area contributed by atoms with Crippen molar-refractivity contribution in [1.29, 1.82) is 0 Å². The minimum absolute atomic E-state index is 0.0355. The Morgan fingerprint density at radius 2 is 0.773 bits per heavy atom. The molecule has 0 amide bonds. The molecule has 17 atom stereocenters. The van der Waals surface area contributed by atoms with Crippen LogP contribution in [0.1, 0.15) is 209 Å². The molecule has 3 unspecified atom stereocenters. The third-order valence-corrected chi connectivity index (χ3v) is 31.0. The number of nitrogens with zero attached hydrogens (tertiary/aromatic N) is 5. The van der Waals surface area contributed by atoms with Crippen LogP contribution in [0.3, 0.4) is 0 Å². The molecule has 6 spiro atoms. The third kappa shape index (κ3) is 8.59. The largest absolute Gasteiger partial charge is 0.359 e. The summed E-state index contributed by atoms with van der Waals surface area (Å²) >= 11 is 0. The number of allylic oxidation sites excluding steroid dienone is 3. The SMILES string of the molecule is C[C@]12CC=C3C=C4CCC(=O)C[C@]45CCC3(O5)[C@@H]1CC[C@@H]2c1ccc2ccncc2c1.C[C@]12CC=C3C=C4CC[C@@H](N5CC5)C[C@]45CCC3(O5)[C@@H]1CC[C@@H]2c1ccc2ccncc2c1.C[C@]12CC=C3C=C4CC[C@H](N5CC5)C[C@]45CCC3(O5)[C@@H]1CC[C@@H]2c1ccc2ccncc2c1. The Bertz CT molecular complexity index is 4360. The van der Waals surface area contributed by atoms with Gasteiger partial charge in [-0.05, 0) is 296 Å². The van der Waals surface area contributed by atoms with Crippen LogP contribution >= 0.6 is 0 Å². The zero-order chi connectivity index (χ0) is 64.5. The number of hydrogen-bond donors (Lipinski definition) is 0. The Morgan fingerprint density at radius 1 is 0.402 bits per heavy atom. The van der Waals surface area contributed by atoms with E-state index in [2.05, 4.69) is 155 Å². The molecule has 498 valence electrons. The van der Waals surface area contributed by atoms with Crippen molar-refractivity contribution >= 4 is 38.1 Å². The van der Waals surface area contributed by atoms with Crippen molar-refractivity contribution in [1.82, 2.24) is 24.8 Å². The van der Waals surface area contributed by atoms with E-state index in [4.69, 9.17) is 14.2 Å². The van der Waals surface area contributed by atoms with Gasteiger partial charge in [0, 0.05) is 104 Å². The number of ether oxygens (including phenoxy) is 3. The first-order valence-corrected chi connectivity index (χ1v) is 38.6. The average Bonchev–Trinajstić information content (AvgIpc) is 1.56. The molecule has 11 fully saturated rings. The lowest BCUT2D eigenvalue weighted by Gasteiger charge is -2.54. The lowest BCUT2D eigenvalue weighted by Crippen LogP contribution is -2.54. The fraction of sp³-hybridized carbons (Fsp3) is 0.545. The number of ketones is 1. The number of pyridine rings is 3. The quantitative estimate of drug-likeness (QED) is 0.157. The van der Waals surface area contributed by atoms with E-state index in [0.29, 0.717) is 54.1 Å². The summed E-state index contributed by atoms with van der Waals surface area (Å²) in [7, 11) is 0. The fourth-order valence-electron chi connectivity index (χ4n) is 26.1. The van der Waals surface area contributed by atoms with Crippen molar-refractivity contribution in [3.8, 4) is 0 Å². The molecular weight excluding hydrogens is 1190 g/mol. The summed E-state index contributed by atoms with van der Waals surface area (Å²) in [6, 6.07) is 29.0. The van der Waals surface area contributed by atoms with Gasteiger partial charge < -0.3 is 14.2 Å². The van der Waals surface area contributed by atoms with Crippen molar-refractivity contribution in [3.05, 3.63) is 197 Å². The summed E-state index contributed by atoms with van der Waals surface area (Å²) < 4.78 is 22.0. The molecule has 6 aromatic rings. The van der Waals surface area contributed by atoms with Gasteiger partial charge in [-0.3, -0.25) is 29.5 Å². The summed E-state index contributed by atoms with van der Waals surface area (Å²) in [5.74, 6) is 3.88. The lowest BCUT2D eigenvalue weighted by atomic mass is 9.58. The predicted molar refractivity (Wildman–Crippen MR) is 383 cm³/mol. The van der Waals surface area contributed by atoms with Gasteiger partial charge >= 0.3 is 0 Å². The van der Waals surface area contributed by atoms with E-state index in [9.17, 15) is 4.79 Å². The van der Waals surface area contributed by atoms with Crippen molar-refractivity contribution < 1.29 is 19.0 Å². The minimum atomic E-state index is -0.294. The van der Waals surface area contributed by atoms with Crippen LogP contribution in [0, 0.1) is 34.0 Å². The molecule has 8 aliphatic heterocycles. The van der Waals surface area contributed by atoms with E-state index in [0.717, 1.165) is 37.8 Å². The number of benzene rings is 3. The molecule has 9 heteroatoms. The fourth-order valence-corrected chi connectivity index (χ4v) is 26.1. The Balaban J connectivity index is 0.0000000963. The van der Waals surface area contributed by atoms with Gasteiger partial charge in [0.25, 0.3) is 0 Å². The Kier molecular flexibility index (Phi) is 12.9. The second kappa shape index (κ2) is 21.0. The molecule has 17 aliphatic rings. The summed E-state index contributed by atoms with van der Waals surface area (Å²) in [5.41, 5.74) is 13.9. The van der Waals surface area contributed by atoms with Crippen molar-refractivity contribution in [2.75, 3.05) is 26.2 Å². The van der Waals surface area contributed by atoms with Crippen LogP contribution in [0.15, 0.2) is 180 Å². The monoisotopic (exact) mass is 1290 g/mol. The second-order valence-electron chi connectivity index (χ2n) is 35.1. The molecule has 0 radical (unpaired) electrons. The van der Waals surface area contributed by atoms with Gasteiger partial charge in [-0.25, -0.2) is 0 Å². The molecular formula is C88H97N5O4. The number of fused-ring (bicyclic) bond motifs is 6. The standard InChI is InChI=1S/2C30H34N2O.C28H29NO2/c2*1-28-10-8-24-17-23-4-5-25(32-14-15-32)18-29(23)11-12-30(24,33-29)27(28)7-6-26(28)21-3-2-20-9-13-31-19-22(20)16-21;1-26-10-8-22-15-21-4-5-23(30)16-27(21)11-12-28(22,31-27)25(26)7-6-24(26)19-3-2-18-9-13-29-17-20(18)14-19/h2*2-3,8-9,13,16-17,19,25-27H,4-7,10-12,14-15,18H2,1H3;2-3,8-9,13-15,17,24-25H,4-7,10-12,16H2,1H3/t25-,26+,27+,28+,29+,30?;25-,26-,27-,28-,29-,30?;24-,25-,26-,27-,28?/m011/s1. The topological polar surface area (TPSA) is 89.5 Å². The molecule has 3 aromatic carbocycles. The van der Waals surface area contributed by atoms with E-state index in [-0.39, 0.29) is 49.9 Å². The molecule has 6 bridgehead atoms. The molecule has 23 rings (SSSR count). The molecule has 6 saturated carbocycles. The van der Waals surface area contributed by atoms with Gasteiger partial charge in [-0.1, -0.05) is 93.6 Å². The Hall–Kier alpha value is -6.20. The zero-order valence-corrected chi connectivity index (χ0v) is 57.6. The van der Waals surface area contributed by atoms with Gasteiger partial charge in [-0.15, -0.1) is 0 Å². The van der Waals surface area contributed by atoms with Crippen molar-refractivity contribution in [3.63, 3.8) is 0 Å². The van der Waals surface area contributed by atoms with Crippen LogP contribution in [-0.4, -0.2) is 102 Å². The van der Waals surface area contributed by atoms with E-state index in [1.165, 1.54) is 202 Å². The summed E-state index contributed by atoms with van der Waals surface area (Å²) in [6.07, 6.45) is 54.9. The molecule has 0 N–H and O–H groups in total. The molecule has 5 saturated heterocycles. The van der Waals surface area contributed by atoms with Gasteiger partial charge in [0.05, 0.1) is 33.6 Å². The Labute approximate surface area is 573 Å². The number of carbonyl (C=O) groups excluding carboxylic acids is 1. The van der Waals surface area contributed by atoms with Crippen LogP contribution in [0.25, 0.3) is 32.3 Å². The van der Waals surface area contributed by atoms with Gasteiger partial charge in [0.15, 0.2) is 0 Å². The van der Waals surface area contributed by atoms with Crippen LogP contribution in [0.4, 0.5) is 0 Å². The van der Waals surface area contributed by atoms with Crippen molar-refractivity contribution in [2.45, 2.75) is 238 Å². The first-order valence-electron chi connectivity index (χ1n) is 38.6. The number of carbonyl (C=O) groups is 1. The van der Waals surface area contributed by atoms with Crippen LogP contribution in [0.2, 0.25) is 0 Å². The molecule has 97 heavy (non-hydrogen) atoms. The van der Waals surface area contributed by atoms with E-state index in [1.807, 2.05) is 37.2 Å². The number of hydrogen-bond acceptors (Lipinski definition) is 9. The molecule has 9 aliphatic carbocycles. The molecule has 9 nitrogen and oxygen atoms in total. The number of rotatable bonds is 5. The molecule has 11 heterocycles. The summed E-state index contributed by atoms with van der Waals surface area (Å²) in [6.45, 7) is 12.9. The number of Topliss-reactive ketones (excluding diaryl/α,β-unsaturated/α-hetero) is 1. The smallest absolute Gasteiger partial charge is 0.136 e. The van der Waals surface area contributed by atoms with Gasteiger partial charge in [0.2, 0.25) is 0 Å². The maximum absolute atomic E-state index is 12.4. The summed E-state index contributed by atoms with van der Waals surface area (Å²) in [5, 5.41) is 7.63. The highest BCUT2D eigenvalue weighted by atomic mass is 16.5. The van der Waals surface area contributed by atoms with Crippen LogP contribution in [-0.2, 0) is 19.0 Å². The first kappa shape index (κ1) is 59.6. The van der Waals surface area contributed by atoms with E-state index < -0.39 is 0 Å². The highest BCUT2D eigenvalue weighted by molar-refractivity contribution is 5.85. The highest BCUT2D eigenvalue weighted by Gasteiger charge is 2.70. The second-order valence-corrected chi connectivity index (χ2v) is 35.1. The normalized spacial score (nSPS) is 42.6. The first-order chi connectivity index (χ1) is 47.2.